The van der Waals surface area contributed by atoms with E-state index in [1.807, 2.05) is 0 Å². The fourth-order valence-corrected chi connectivity index (χ4v) is 1.92. The standard InChI is InChI=1S/C11H15F7O2S/c1-2-5-20-8(19)7-21-6-3-4-9(12,13)10(14,15)11(16,17)18/h2-7H2,1H3. The predicted molar refractivity (Wildman–Crippen MR) is 63.8 cm³/mol. The van der Waals surface area contributed by atoms with E-state index in [0.717, 1.165) is 11.8 Å². The van der Waals surface area contributed by atoms with E-state index in [9.17, 15) is 35.5 Å². The van der Waals surface area contributed by atoms with Crippen LogP contribution < -0.4 is 0 Å². The zero-order valence-corrected chi connectivity index (χ0v) is 11.9. The lowest BCUT2D eigenvalue weighted by molar-refractivity contribution is -0.355. The molecule has 126 valence electrons. The van der Waals surface area contributed by atoms with Gasteiger partial charge in [-0.15, -0.1) is 0 Å². The van der Waals surface area contributed by atoms with Gasteiger partial charge in [0.2, 0.25) is 0 Å². The number of halogens is 7. The highest BCUT2D eigenvalue weighted by Crippen LogP contribution is 2.48. The molecule has 0 amide bonds. The number of carbonyl (C=O) groups is 1. The van der Waals surface area contributed by atoms with Crippen LogP contribution in [0.1, 0.15) is 26.2 Å². The van der Waals surface area contributed by atoms with Gasteiger partial charge in [0.15, 0.2) is 0 Å². The smallest absolute Gasteiger partial charge is 0.459 e. The molecule has 0 radical (unpaired) electrons. The summed E-state index contributed by atoms with van der Waals surface area (Å²) in [6.45, 7) is 1.97. The van der Waals surface area contributed by atoms with Crippen LogP contribution in [0.5, 0.6) is 0 Å². The highest BCUT2D eigenvalue weighted by atomic mass is 32.2. The minimum atomic E-state index is -6.30. The molecule has 0 aromatic carbocycles. The maximum atomic E-state index is 12.9. The summed E-state index contributed by atoms with van der Waals surface area (Å²) in [5.41, 5.74) is 0. The van der Waals surface area contributed by atoms with Crippen molar-refractivity contribution in [2.24, 2.45) is 0 Å². The summed E-state index contributed by atoms with van der Waals surface area (Å²) in [7, 11) is 0. The van der Waals surface area contributed by atoms with Crippen molar-refractivity contribution in [1.29, 1.82) is 0 Å². The monoisotopic (exact) mass is 344 g/mol. The second-order valence-electron chi connectivity index (χ2n) is 4.15. The molecule has 0 aliphatic heterocycles. The lowest BCUT2D eigenvalue weighted by Crippen LogP contribution is -2.51. The quantitative estimate of drug-likeness (QED) is 0.355. The molecule has 0 bridgehead atoms. The fraction of sp³-hybridized carbons (Fsp3) is 0.909. The van der Waals surface area contributed by atoms with Crippen LogP contribution in [0.15, 0.2) is 0 Å². The highest BCUT2D eigenvalue weighted by Gasteiger charge is 2.72. The maximum absolute atomic E-state index is 12.9. The van der Waals surface area contributed by atoms with Gasteiger partial charge in [0, 0.05) is 6.42 Å². The molecule has 0 saturated heterocycles. The number of thioether (sulfide) groups is 1. The Morgan fingerprint density at radius 1 is 1.10 bits per heavy atom. The van der Waals surface area contributed by atoms with E-state index in [1.54, 1.807) is 6.92 Å². The molecule has 2 nitrogen and oxygen atoms in total. The molecule has 0 saturated carbocycles. The molecular formula is C11H15F7O2S. The number of rotatable bonds is 9. The van der Waals surface area contributed by atoms with Crippen molar-refractivity contribution >= 4 is 17.7 Å². The Morgan fingerprint density at radius 3 is 2.14 bits per heavy atom. The van der Waals surface area contributed by atoms with Crippen LogP contribution in [0.25, 0.3) is 0 Å². The number of ether oxygens (including phenoxy) is 1. The molecular weight excluding hydrogens is 329 g/mol. The topological polar surface area (TPSA) is 26.3 Å². The lowest BCUT2D eigenvalue weighted by atomic mass is 10.1. The number of esters is 1. The molecule has 0 heterocycles. The maximum Gasteiger partial charge on any atom is 0.459 e. The highest BCUT2D eigenvalue weighted by molar-refractivity contribution is 7.99. The number of alkyl halides is 7. The molecule has 0 unspecified atom stereocenters. The van der Waals surface area contributed by atoms with Crippen LogP contribution in [0.4, 0.5) is 30.7 Å². The van der Waals surface area contributed by atoms with E-state index in [0.29, 0.717) is 6.42 Å². The summed E-state index contributed by atoms with van der Waals surface area (Å²) in [6.07, 6.45) is -7.89. The van der Waals surface area contributed by atoms with E-state index in [-0.39, 0.29) is 18.1 Å². The summed E-state index contributed by atoms with van der Waals surface area (Å²) in [5, 5.41) is 0. The van der Waals surface area contributed by atoms with Gasteiger partial charge in [0.25, 0.3) is 0 Å². The zero-order chi connectivity index (χ0) is 16.7. The van der Waals surface area contributed by atoms with Gasteiger partial charge >= 0.3 is 24.0 Å². The summed E-state index contributed by atoms with van der Waals surface area (Å²) >= 11 is 0.837. The van der Waals surface area contributed by atoms with Gasteiger partial charge in [-0.3, -0.25) is 4.79 Å². The Balaban J connectivity index is 4.09. The van der Waals surface area contributed by atoms with Crippen LogP contribution in [0.3, 0.4) is 0 Å². The average molecular weight is 344 g/mol. The van der Waals surface area contributed by atoms with E-state index in [2.05, 4.69) is 4.74 Å². The molecule has 0 aromatic heterocycles. The third-order valence-electron chi connectivity index (χ3n) is 2.28. The Kier molecular flexibility index (Phi) is 7.83. The van der Waals surface area contributed by atoms with E-state index in [1.165, 1.54) is 0 Å². The summed E-state index contributed by atoms with van der Waals surface area (Å²) in [6, 6.07) is 0. The van der Waals surface area contributed by atoms with Crippen molar-refractivity contribution in [3.05, 3.63) is 0 Å². The van der Waals surface area contributed by atoms with Crippen molar-refractivity contribution in [2.45, 2.75) is 44.2 Å². The summed E-state index contributed by atoms with van der Waals surface area (Å²) in [5.74, 6) is -12.1. The summed E-state index contributed by atoms with van der Waals surface area (Å²) in [4.78, 5) is 11.0. The minimum absolute atomic E-state index is 0.148. The first-order valence-electron chi connectivity index (χ1n) is 6.01. The Labute approximate surface area is 121 Å². The molecule has 0 N–H and O–H groups in total. The largest absolute Gasteiger partial charge is 0.465 e. The first-order chi connectivity index (χ1) is 9.45. The van der Waals surface area contributed by atoms with Gasteiger partial charge in [0.1, 0.15) is 0 Å². The average Bonchev–Trinajstić information content (AvgIpc) is 2.34. The first-order valence-corrected chi connectivity index (χ1v) is 7.17. The number of hydrogen-bond acceptors (Lipinski definition) is 3. The summed E-state index contributed by atoms with van der Waals surface area (Å²) < 4.78 is 91.0. The van der Waals surface area contributed by atoms with E-state index < -0.39 is 36.8 Å². The normalized spacial score (nSPS) is 13.3. The van der Waals surface area contributed by atoms with Crippen LogP contribution >= 0.6 is 11.8 Å². The predicted octanol–water partition coefficient (Wildman–Crippen LogP) is 4.29. The Bertz CT molecular complexity index is 331. The minimum Gasteiger partial charge on any atom is -0.465 e. The molecule has 0 fully saturated rings. The van der Waals surface area contributed by atoms with Gasteiger partial charge in [-0.2, -0.15) is 42.5 Å². The van der Waals surface area contributed by atoms with E-state index in [4.69, 9.17) is 0 Å². The second-order valence-corrected chi connectivity index (χ2v) is 5.26. The zero-order valence-electron chi connectivity index (χ0n) is 11.1. The Hall–Kier alpha value is -0.670. The lowest BCUT2D eigenvalue weighted by Gasteiger charge is -2.28. The van der Waals surface area contributed by atoms with Crippen LogP contribution in [-0.4, -0.2) is 42.1 Å². The van der Waals surface area contributed by atoms with Crippen molar-refractivity contribution in [3.63, 3.8) is 0 Å². The fourth-order valence-electron chi connectivity index (χ4n) is 1.17. The third kappa shape index (κ3) is 6.31. The third-order valence-corrected chi connectivity index (χ3v) is 3.30. The second kappa shape index (κ2) is 8.09. The van der Waals surface area contributed by atoms with E-state index >= 15 is 0 Å². The van der Waals surface area contributed by atoms with Crippen LogP contribution in [-0.2, 0) is 9.53 Å². The SMILES string of the molecule is CCCOC(=O)CSCCCC(F)(F)C(F)(F)C(F)(F)F. The van der Waals surface area contributed by atoms with Gasteiger partial charge < -0.3 is 4.74 Å². The Morgan fingerprint density at radius 2 is 1.67 bits per heavy atom. The van der Waals surface area contributed by atoms with Crippen LogP contribution in [0, 0.1) is 0 Å². The molecule has 0 spiro atoms. The first kappa shape index (κ1) is 20.3. The molecule has 10 heteroatoms. The van der Waals surface area contributed by atoms with Gasteiger partial charge in [-0.1, -0.05) is 6.92 Å². The van der Waals surface area contributed by atoms with Crippen molar-refractivity contribution in [2.75, 3.05) is 18.1 Å². The molecule has 21 heavy (non-hydrogen) atoms. The number of hydrogen-bond donors (Lipinski definition) is 0. The van der Waals surface area contributed by atoms with Gasteiger partial charge in [-0.25, -0.2) is 0 Å². The van der Waals surface area contributed by atoms with Crippen molar-refractivity contribution in [1.82, 2.24) is 0 Å². The van der Waals surface area contributed by atoms with Crippen molar-refractivity contribution < 1.29 is 40.3 Å². The molecule has 0 aliphatic carbocycles. The molecule has 0 atom stereocenters. The van der Waals surface area contributed by atoms with Crippen LogP contribution in [0.2, 0.25) is 0 Å². The number of carbonyl (C=O) groups excluding carboxylic acids is 1. The van der Waals surface area contributed by atoms with Crippen molar-refractivity contribution in [3.8, 4) is 0 Å². The molecule has 0 aromatic rings. The van der Waals surface area contributed by atoms with Gasteiger partial charge in [-0.05, 0) is 18.6 Å². The molecule has 0 aliphatic rings. The molecule has 0 rings (SSSR count). The van der Waals surface area contributed by atoms with Gasteiger partial charge in [0.05, 0.1) is 12.4 Å².